The number of ketones is 1. The molecule has 2 heterocycles. The number of hydrogen-bond donors (Lipinski definition) is 1. The number of benzene rings is 2. The molecule has 0 saturated carbocycles. The number of fused-ring (bicyclic) bond motifs is 1. The number of Topliss-reactive ketones (excluding diaryl/α,β-unsaturated/α-hetero) is 1. The van der Waals surface area contributed by atoms with E-state index in [9.17, 15) is 14.0 Å². The number of halogens is 1. The second kappa shape index (κ2) is 8.16. The van der Waals surface area contributed by atoms with Gasteiger partial charge in [0.25, 0.3) is 0 Å². The molecule has 6 nitrogen and oxygen atoms in total. The molecule has 152 valence electrons. The first-order valence-corrected chi connectivity index (χ1v) is 10.3. The van der Waals surface area contributed by atoms with Gasteiger partial charge in [-0.2, -0.15) is 4.98 Å². The first-order valence-electron chi connectivity index (χ1n) is 9.41. The molecule has 1 N–H and O–H groups in total. The fourth-order valence-electron chi connectivity index (χ4n) is 3.03. The number of nitrogens with zero attached hydrogens (tertiary/aromatic N) is 3. The fraction of sp³-hybridized carbons (Fsp3) is 0.182. The van der Waals surface area contributed by atoms with Crippen LogP contribution in [0.3, 0.4) is 0 Å². The van der Waals surface area contributed by atoms with Gasteiger partial charge in [-0.05, 0) is 55.3 Å². The third kappa shape index (κ3) is 4.13. The van der Waals surface area contributed by atoms with Crippen molar-refractivity contribution in [2.24, 2.45) is 0 Å². The van der Waals surface area contributed by atoms with Crippen LogP contribution in [0.4, 0.5) is 10.3 Å². The first-order chi connectivity index (χ1) is 14.4. The van der Waals surface area contributed by atoms with Gasteiger partial charge in [-0.3, -0.25) is 14.9 Å². The Balaban J connectivity index is 1.41. The van der Waals surface area contributed by atoms with Crippen LogP contribution in [0.25, 0.3) is 16.2 Å². The van der Waals surface area contributed by atoms with Crippen molar-refractivity contribution in [3.63, 3.8) is 0 Å². The van der Waals surface area contributed by atoms with E-state index in [2.05, 4.69) is 15.4 Å². The van der Waals surface area contributed by atoms with Crippen molar-refractivity contribution in [2.75, 3.05) is 5.32 Å². The number of carbonyl (C=O) groups excluding carboxylic acids is 2. The molecule has 0 atom stereocenters. The van der Waals surface area contributed by atoms with Crippen LogP contribution in [0.15, 0.2) is 47.8 Å². The summed E-state index contributed by atoms with van der Waals surface area (Å²) in [5, 5.41) is 8.84. The van der Waals surface area contributed by atoms with E-state index in [4.69, 9.17) is 0 Å². The monoisotopic (exact) mass is 422 g/mol. The number of aryl methyl sites for hydroxylation is 2. The van der Waals surface area contributed by atoms with Crippen LogP contribution in [0.5, 0.6) is 0 Å². The zero-order chi connectivity index (χ0) is 21.3. The molecule has 0 saturated heterocycles. The summed E-state index contributed by atoms with van der Waals surface area (Å²) in [5.74, 6) is -0.541. The smallest absolute Gasteiger partial charge is 0.250 e. The summed E-state index contributed by atoms with van der Waals surface area (Å²) in [7, 11) is 0. The van der Waals surface area contributed by atoms with Gasteiger partial charge >= 0.3 is 0 Å². The highest BCUT2D eigenvalue weighted by atomic mass is 32.1. The average Bonchev–Trinajstić information content (AvgIpc) is 3.29. The van der Waals surface area contributed by atoms with Gasteiger partial charge in [-0.1, -0.05) is 12.1 Å². The van der Waals surface area contributed by atoms with Crippen molar-refractivity contribution < 1.29 is 14.0 Å². The highest BCUT2D eigenvalue weighted by molar-refractivity contribution is 7.15. The lowest BCUT2D eigenvalue weighted by Crippen LogP contribution is -2.14. The van der Waals surface area contributed by atoms with Crippen molar-refractivity contribution in [3.8, 4) is 11.3 Å². The summed E-state index contributed by atoms with van der Waals surface area (Å²) in [4.78, 5) is 29.5. The maximum absolute atomic E-state index is 13.2. The minimum Gasteiger partial charge on any atom is -0.294 e. The van der Waals surface area contributed by atoms with Gasteiger partial charge in [-0.25, -0.2) is 8.91 Å². The summed E-state index contributed by atoms with van der Waals surface area (Å²) in [5.41, 5.74) is 4.33. The molecule has 0 unspecified atom stereocenters. The predicted molar refractivity (Wildman–Crippen MR) is 114 cm³/mol. The van der Waals surface area contributed by atoms with Gasteiger partial charge in [0, 0.05) is 29.3 Å². The summed E-state index contributed by atoms with van der Waals surface area (Å²) >= 11 is 1.37. The lowest BCUT2D eigenvalue weighted by Gasteiger charge is -2.05. The van der Waals surface area contributed by atoms with Crippen LogP contribution >= 0.6 is 11.3 Å². The van der Waals surface area contributed by atoms with Gasteiger partial charge in [0.15, 0.2) is 5.78 Å². The highest BCUT2D eigenvalue weighted by Gasteiger charge is 2.15. The summed E-state index contributed by atoms with van der Waals surface area (Å²) in [6.45, 7) is 3.94. The first kappa shape index (κ1) is 19.9. The Morgan fingerprint density at radius 1 is 1.07 bits per heavy atom. The summed E-state index contributed by atoms with van der Waals surface area (Å²) in [6.07, 6.45) is 0.154. The minimum atomic E-state index is -0.325. The van der Waals surface area contributed by atoms with Gasteiger partial charge in [-0.15, -0.1) is 16.4 Å². The molecule has 2 aromatic carbocycles. The number of hydrogen-bond acceptors (Lipinski definition) is 5. The number of anilines is 1. The largest absolute Gasteiger partial charge is 0.294 e. The van der Waals surface area contributed by atoms with Crippen molar-refractivity contribution in [3.05, 3.63) is 70.4 Å². The summed E-state index contributed by atoms with van der Waals surface area (Å²) < 4.78 is 14.8. The number of thiazole rings is 1. The Labute approximate surface area is 176 Å². The molecule has 0 aliphatic heterocycles. The third-order valence-corrected chi connectivity index (χ3v) is 5.70. The van der Waals surface area contributed by atoms with Gasteiger partial charge in [0.2, 0.25) is 16.8 Å². The molecule has 0 aliphatic rings. The molecule has 1 amide bonds. The van der Waals surface area contributed by atoms with Gasteiger partial charge in [0.1, 0.15) is 5.82 Å². The molecule has 0 radical (unpaired) electrons. The average molecular weight is 422 g/mol. The Morgan fingerprint density at radius 3 is 2.57 bits per heavy atom. The molecule has 2 aromatic heterocycles. The maximum atomic E-state index is 13.2. The van der Waals surface area contributed by atoms with Crippen LogP contribution in [0.2, 0.25) is 0 Å². The SMILES string of the molecule is Cc1ccc(C(=O)CCC(=O)Nc2nc3scc(-c4ccc(F)cc4)n3n2)cc1C. The van der Waals surface area contributed by atoms with Crippen molar-refractivity contribution >= 4 is 33.9 Å². The lowest BCUT2D eigenvalue weighted by atomic mass is 10.0. The molecular formula is C22H19FN4O2S. The van der Waals surface area contributed by atoms with Crippen molar-refractivity contribution in [1.82, 2.24) is 14.6 Å². The number of amides is 1. The van der Waals surface area contributed by atoms with E-state index in [1.807, 2.05) is 31.4 Å². The minimum absolute atomic E-state index is 0.0451. The van der Waals surface area contributed by atoms with E-state index in [1.54, 1.807) is 22.7 Å². The molecule has 30 heavy (non-hydrogen) atoms. The molecule has 4 aromatic rings. The quantitative estimate of drug-likeness (QED) is 0.452. The van der Waals surface area contributed by atoms with Crippen LogP contribution in [-0.4, -0.2) is 26.3 Å². The van der Waals surface area contributed by atoms with Crippen molar-refractivity contribution in [1.29, 1.82) is 0 Å². The van der Waals surface area contributed by atoms with Crippen LogP contribution in [0, 0.1) is 19.7 Å². The normalized spacial score (nSPS) is 11.0. The predicted octanol–water partition coefficient (Wildman–Crippen LogP) is 4.82. The number of aromatic nitrogens is 3. The highest BCUT2D eigenvalue weighted by Crippen LogP contribution is 2.26. The summed E-state index contributed by atoms with van der Waals surface area (Å²) in [6, 6.07) is 11.6. The van der Waals surface area contributed by atoms with E-state index in [0.29, 0.717) is 10.5 Å². The van der Waals surface area contributed by atoms with Crippen LogP contribution in [0.1, 0.15) is 34.3 Å². The van der Waals surface area contributed by atoms with Crippen molar-refractivity contribution in [2.45, 2.75) is 26.7 Å². The van der Waals surface area contributed by atoms with E-state index >= 15 is 0 Å². The maximum Gasteiger partial charge on any atom is 0.250 e. The second-order valence-electron chi connectivity index (χ2n) is 7.03. The number of carbonyl (C=O) groups is 2. The number of nitrogens with one attached hydrogen (secondary N) is 1. The Hall–Kier alpha value is -3.39. The Bertz CT molecular complexity index is 1240. The van der Waals surface area contributed by atoms with Crippen LogP contribution < -0.4 is 5.32 Å². The fourth-order valence-corrected chi connectivity index (χ4v) is 3.86. The van der Waals surface area contributed by atoms with Crippen LogP contribution in [-0.2, 0) is 4.79 Å². The van der Waals surface area contributed by atoms with E-state index < -0.39 is 0 Å². The molecule has 0 spiro atoms. The molecule has 0 bridgehead atoms. The Kier molecular flexibility index (Phi) is 5.41. The Morgan fingerprint density at radius 2 is 1.83 bits per heavy atom. The molecular weight excluding hydrogens is 403 g/mol. The van der Waals surface area contributed by atoms with E-state index in [1.165, 1.54) is 23.5 Å². The second-order valence-corrected chi connectivity index (χ2v) is 7.86. The number of rotatable bonds is 6. The topological polar surface area (TPSA) is 76.4 Å². The molecule has 0 aliphatic carbocycles. The van der Waals surface area contributed by atoms with E-state index in [-0.39, 0.29) is 36.3 Å². The zero-order valence-electron chi connectivity index (χ0n) is 16.5. The van der Waals surface area contributed by atoms with E-state index in [0.717, 1.165) is 22.4 Å². The zero-order valence-corrected chi connectivity index (χ0v) is 17.3. The molecule has 8 heteroatoms. The molecule has 4 rings (SSSR count). The van der Waals surface area contributed by atoms with Gasteiger partial charge < -0.3 is 0 Å². The third-order valence-electron chi connectivity index (χ3n) is 4.88. The standard InChI is InChI=1S/C22H19FN4O2S/c1-13-3-4-16(11-14(13)2)19(28)9-10-20(29)24-21-25-22-27(26-21)18(12-30-22)15-5-7-17(23)8-6-15/h3-8,11-12H,9-10H2,1-2H3,(H,24,26,29). The molecule has 0 fully saturated rings. The van der Waals surface area contributed by atoms with Gasteiger partial charge in [0.05, 0.1) is 5.69 Å². The lowest BCUT2D eigenvalue weighted by molar-refractivity contribution is -0.116.